The number of aryl methyl sites for hydroxylation is 1. The number of anilines is 1. The number of aromatic nitrogens is 3. The lowest BCUT2D eigenvalue weighted by Gasteiger charge is -2.33. The first-order valence-electron chi connectivity index (χ1n) is 10.1. The number of pyridine rings is 1. The van der Waals surface area contributed by atoms with E-state index in [2.05, 4.69) is 40.8 Å². The predicted octanol–water partition coefficient (Wildman–Crippen LogP) is 4.03. The zero-order valence-corrected chi connectivity index (χ0v) is 17.2. The van der Waals surface area contributed by atoms with Gasteiger partial charge in [-0.15, -0.1) is 0 Å². The van der Waals surface area contributed by atoms with Gasteiger partial charge in [0.15, 0.2) is 12.1 Å². The van der Waals surface area contributed by atoms with Crippen LogP contribution in [0.5, 0.6) is 5.88 Å². The lowest BCUT2D eigenvalue weighted by Crippen LogP contribution is -2.36. The maximum atomic E-state index is 10.9. The number of carbonyl (C=O) groups excluding carboxylic acids is 1. The fourth-order valence-corrected chi connectivity index (χ4v) is 3.59. The number of hydrogen-bond donors (Lipinski definition) is 0. The molecule has 3 rings (SSSR count). The van der Waals surface area contributed by atoms with Crippen molar-refractivity contribution in [3.05, 3.63) is 29.2 Å². The van der Waals surface area contributed by atoms with Crippen LogP contribution in [0.15, 0.2) is 16.7 Å². The highest BCUT2D eigenvalue weighted by Gasteiger charge is 2.26. The lowest BCUT2D eigenvalue weighted by atomic mass is 9.84. The van der Waals surface area contributed by atoms with Gasteiger partial charge in [0.2, 0.25) is 5.88 Å². The molecule has 0 radical (unpaired) electrons. The average molecular weight is 386 g/mol. The summed E-state index contributed by atoms with van der Waals surface area (Å²) in [5.41, 5.74) is 1.31. The van der Waals surface area contributed by atoms with E-state index in [1.54, 1.807) is 12.1 Å². The smallest absolute Gasteiger partial charge is 0.324 e. The standard InChI is InChI=1S/C21H30N4O3/c1-14(2)20-23-21(28-24-20)25-10-7-17(8-11-25)15(3)9-12-27-19-6-5-18(13-26)16(4)22-19/h5-6,13-15,17H,7-12H2,1-4H3. The number of aldehydes is 1. The lowest BCUT2D eigenvalue weighted by molar-refractivity contribution is 0.112. The van der Waals surface area contributed by atoms with Gasteiger partial charge < -0.3 is 14.2 Å². The Morgan fingerprint density at radius 3 is 2.61 bits per heavy atom. The molecule has 1 atom stereocenters. The first-order chi connectivity index (χ1) is 13.5. The number of carbonyl (C=O) groups is 1. The summed E-state index contributed by atoms with van der Waals surface area (Å²) in [5, 5.41) is 4.06. The molecule has 1 saturated heterocycles. The third-order valence-electron chi connectivity index (χ3n) is 5.61. The van der Waals surface area contributed by atoms with Crippen LogP contribution in [0.3, 0.4) is 0 Å². The number of ether oxygens (including phenoxy) is 1. The summed E-state index contributed by atoms with van der Waals surface area (Å²) in [7, 11) is 0. The molecule has 1 aliphatic rings. The fourth-order valence-electron chi connectivity index (χ4n) is 3.59. The minimum atomic E-state index is 0.281. The van der Waals surface area contributed by atoms with Gasteiger partial charge in [0.05, 0.1) is 12.3 Å². The molecule has 7 nitrogen and oxygen atoms in total. The fraction of sp³-hybridized carbons (Fsp3) is 0.619. The average Bonchev–Trinajstić information content (AvgIpc) is 3.19. The molecule has 7 heteroatoms. The van der Waals surface area contributed by atoms with Crippen molar-refractivity contribution in [2.75, 3.05) is 24.6 Å². The van der Waals surface area contributed by atoms with E-state index < -0.39 is 0 Å². The van der Waals surface area contributed by atoms with Crippen molar-refractivity contribution >= 4 is 12.3 Å². The van der Waals surface area contributed by atoms with Crippen molar-refractivity contribution < 1.29 is 14.1 Å². The molecule has 0 saturated carbocycles. The van der Waals surface area contributed by atoms with Crippen LogP contribution in [-0.4, -0.2) is 41.1 Å². The van der Waals surface area contributed by atoms with E-state index in [1.807, 2.05) is 6.92 Å². The molecule has 0 aromatic carbocycles. The largest absolute Gasteiger partial charge is 0.478 e. The highest BCUT2D eigenvalue weighted by atomic mass is 16.5. The second kappa shape index (κ2) is 9.17. The second-order valence-electron chi connectivity index (χ2n) is 7.97. The summed E-state index contributed by atoms with van der Waals surface area (Å²) in [5.74, 6) is 2.88. The highest BCUT2D eigenvalue weighted by molar-refractivity contribution is 5.76. The van der Waals surface area contributed by atoms with E-state index >= 15 is 0 Å². The number of rotatable bonds is 8. The molecule has 0 aliphatic carbocycles. The maximum absolute atomic E-state index is 10.9. The van der Waals surface area contributed by atoms with Crippen LogP contribution in [0.25, 0.3) is 0 Å². The molecule has 1 fully saturated rings. The van der Waals surface area contributed by atoms with Crippen LogP contribution in [0.2, 0.25) is 0 Å². The summed E-state index contributed by atoms with van der Waals surface area (Å²) in [4.78, 5) is 21.9. The summed E-state index contributed by atoms with van der Waals surface area (Å²) in [6.45, 7) is 10.8. The van der Waals surface area contributed by atoms with E-state index in [0.717, 1.165) is 44.5 Å². The first-order valence-corrected chi connectivity index (χ1v) is 10.1. The van der Waals surface area contributed by atoms with Crippen molar-refractivity contribution in [1.82, 2.24) is 15.1 Å². The zero-order chi connectivity index (χ0) is 20.1. The van der Waals surface area contributed by atoms with Crippen LogP contribution in [0, 0.1) is 18.8 Å². The normalized spacial score (nSPS) is 16.4. The molecular weight excluding hydrogens is 356 g/mol. The number of nitrogens with zero attached hydrogens (tertiary/aromatic N) is 4. The SMILES string of the molecule is Cc1nc(OCCC(C)C2CCN(c3nc(C(C)C)no3)CC2)ccc1C=O. The zero-order valence-electron chi connectivity index (χ0n) is 17.2. The van der Waals surface area contributed by atoms with Gasteiger partial charge in [-0.25, -0.2) is 4.98 Å². The third kappa shape index (κ3) is 4.88. The van der Waals surface area contributed by atoms with E-state index in [0.29, 0.717) is 41.6 Å². The molecular formula is C21H30N4O3. The monoisotopic (exact) mass is 386 g/mol. The molecule has 1 aliphatic heterocycles. The van der Waals surface area contributed by atoms with Gasteiger partial charge in [-0.3, -0.25) is 4.79 Å². The van der Waals surface area contributed by atoms with Crippen LogP contribution in [-0.2, 0) is 0 Å². The maximum Gasteiger partial charge on any atom is 0.324 e. The van der Waals surface area contributed by atoms with Gasteiger partial charge in [-0.2, -0.15) is 4.98 Å². The third-order valence-corrected chi connectivity index (χ3v) is 5.61. The van der Waals surface area contributed by atoms with Crippen LogP contribution >= 0.6 is 0 Å². The molecule has 0 N–H and O–H groups in total. The van der Waals surface area contributed by atoms with Crippen molar-refractivity contribution in [2.24, 2.45) is 11.8 Å². The molecule has 3 heterocycles. The van der Waals surface area contributed by atoms with Gasteiger partial charge in [0.1, 0.15) is 0 Å². The Labute approximate surface area is 166 Å². The number of piperidine rings is 1. The molecule has 28 heavy (non-hydrogen) atoms. The molecule has 0 spiro atoms. The van der Waals surface area contributed by atoms with E-state index in [9.17, 15) is 4.79 Å². The Hall–Kier alpha value is -2.44. The van der Waals surface area contributed by atoms with Crippen molar-refractivity contribution in [1.29, 1.82) is 0 Å². The van der Waals surface area contributed by atoms with Crippen LogP contribution < -0.4 is 9.64 Å². The molecule has 1 unspecified atom stereocenters. The van der Waals surface area contributed by atoms with E-state index in [-0.39, 0.29) is 5.92 Å². The van der Waals surface area contributed by atoms with Gasteiger partial charge in [-0.1, -0.05) is 25.9 Å². The Bertz CT molecular complexity index is 782. The molecule has 2 aromatic rings. The van der Waals surface area contributed by atoms with Crippen LogP contribution in [0.4, 0.5) is 6.01 Å². The van der Waals surface area contributed by atoms with Crippen molar-refractivity contribution in [2.45, 2.75) is 52.9 Å². The van der Waals surface area contributed by atoms with Gasteiger partial charge in [0.25, 0.3) is 0 Å². The van der Waals surface area contributed by atoms with Gasteiger partial charge in [-0.05, 0) is 44.1 Å². The minimum Gasteiger partial charge on any atom is -0.478 e. The topological polar surface area (TPSA) is 81.3 Å². The Morgan fingerprint density at radius 2 is 2.00 bits per heavy atom. The summed E-state index contributed by atoms with van der Waals surface area (Å²) >= 11 is 0. The molecule has 0 bridgehead atoms. The summed E-state index contributed by atoms with van der Waals surface area (Å²) in [6, 6.07) is 4.17. The van der Waals surface area contributed by atoms with Gasteiger partial charge >= 0.3 is 6.01 Å². The van der Waals surface area contributed by atoms with E-state index in [4.69, 9.17) is 9.26 Å². The van der Waals surface area contributed by atoms with Crippen LogP contribution in [0.1, 0.15) is 67.8 Å². The predicted molar refractivity (Wildman–Crippen MR) is 107 cm³/mol. The molecule has 2 aromatic heterocycles. The first kappa shape index (κ1) is 20.3. The Kier molecular flexibility index (Phi) is 6.65. The van der Waals surface area contributed by atoms with Crippen molar-refractivity contribution in [3.63, 3.8) is 0 Å². The molecule has 0 amide bonds. The second-order valence-corrected chi connectivity index (χ2v) is 7.97. The van der Waals surface area contributed by atoms with Gasteiger partial charge in [0, 0.05) is 30.6 Å². The Balaban J connectivity index is 1.43. The van der Waals surface area contributed by atoms with Crippen molar-refractivity contribution in [3.8, 4) is 5.88 Å². The van der Waals surface area contributed by atoms with E-state index in [1.165, 1.54) is 0 Å². The Morgan fingerprint density at radius 1 is 1.25 bits per heavy atom. The minimum absolute atomic E-state index is 0.281. The molecule has 152 valence electrons. The number of hydrogen-bond acceptors (Lipinski definition) is 7. The quantitative estimate of drug-likeness (QED) is 0.634. The summed E-state index contributed by atoms with van der Waals surface area (Å²) < 4.78 is 11.2. The summed E-state index contributed by atoms with van der Waals surface area (Å²) in [6.07, 6.45) is 4.04. The highest BCUT2D eigenvalue weighted by Crippen LogP contribution is 2.29.